The van der Waals surface area contributed by atoms with E-state index in [0.29, 0.717) is 5.75 Å². The van der Waals surface area contributed by atoms with E-state index in [1.807, 2.05) is 18.2 Å². The molecule has 0 spiro atoms. The molecule has 25 heavy (non-hydrogen) atoms. The lowest BCUT2D eigenvalue weighted by atomic mass is 10.2. The van der Waals surface area contributed by atoms with Gasteiger partial charge in [0.2, 0.25) is 0 Å². The number of nitrogens with zero attached hydrogens (tertiary/aromatic N) is 2. The third-order valence-corrected chi connectivity index (χ3v) is 3.22. The maximum Gasteiger partial charge on any atom is 0.264 e. The normalized spacial score (nSPS) is 10.5. The van der Waals surface area contributed by atoms with Crippen molar-refractivity contribution in [2.75, 3.05) is 0 Å². The smallest absolute Gasteiger partial charge is 0.264 e. The van der Waals surface area contributed by atoms with Crippen LogP contribution in [0.1, 0.15) is 22.1 Å². The van der Waals surface area contributed by atoms with Crippen LogP contribution < -0.4 is 10.1 Å². The molecule has 0 aliphatic heterocycles. The minimum absolute atomic E-state index is 0.0729. The number of hydrogen-bond donors (Lipinski definition) is 1. The summed E-state index contributed by atoms with van der Waals surface area (Å²) in [5, 5.41) is 6.08. The van der Waals surface area contributed by atoms with Crippen molar-refractivity contribution in [2.45, 2.75) is 13.2 Å². The van der Waals surface area contributed by atoms with Crippen molar-refractivity contribution in [3.8, 4) is 5.75 Å². The van der Waals surface area contributed by atoms with Crippen molar-refractivity contribution in [3.05, 3.63) is 77.4 Å². The molecule has 128 valence electrons. The zero-order valence-corrected chi connectivity index (χ0v) is 12.9. The van der Waals surface area contributed by atoms with E-state index in [9.17, 15) is 13.6 Å². The molecule has 0 saturated heterocycles. The quantitative estimate of drug-likeness (QED) is 0.743. The lowest BCUT2D eigenvalue weighted by molar-refractivity contribution is 0.0944. The number of nitrogens with one attached hydrogen (secondary N) is 1. The zero-order chi connectivity index (χ0) is 17.6. The predicted molar refractivity (Wildman–Crippen MR) is 82.6 cm³/mol. The number of rotatable bonds is 6. The molecule has 3 rings (SSSR count). The van der Waals surface area contributed by atoms with Gasteiger partial charge in [-0.05, 0) is 24.3 Å². The summed E-state index contributed by atoms with van der Waals surface area (Å²) in [7, 11) is 0. The molecule has 2 aromatic carbocycles. The Hall–Kier alpha value is -3.29. The number of carbonyl (C=O) groups is 1. The van der Waals surface area contributed by atoms with Gasteiger partial charge in [0, 0.05) is 0 Å². The van der Waals surface area contributed by atoms with E-state index in [2.05, 4.69) is 15.5 Å². The summed E-state index contributed by atoms with van der Waals surface area (Å²) in [5.74, 6) is -2.00. The Balaban J connectivity index is 1.55. The van der Waals surface area contributed by atoms with Crippen molar-refractivity contribution in [1.29, 1.82) is 0 Å². The summed E-state index contributed by atoms with van der Waals surface area (Å²) in [5.41, 5.74) is -0.392. The van der Waals surface area contributed by atoms with Crippen LogP contribution in [0.15, 0.2) is 53.1 Å². The first kappa shape index (κ1) is 16.6. The van der Waals surface area contributed by atoms with Gasteiger partial charge in [-0.25, -0.2) is 8.78 Å². The Morgan fingerprint density at radius 1 is 1.12 bits per heavy atom. The average Bonchev–Trinajstić information content (AvgIpc) is 3.09. The number of halogens is 2. The molecule has 6 nitrogen and oxygen atoms in total. The van der Waals surface area contributed by atoms with Crippen LogP contribution in [0.2, 0.25) is 0 Å². The maximum absolute atomic E-state index is 13.5. The van der Waals surface area contributed by atoms with Crippen LogP contribution in [0.25, 0.3) is 0 Å². The Labute approximate surface area is 141 Å². The largest absolute Gasteiger partial charge is 0.484 e. The predicted octanol–water partition coefficient (Wildman–Crippen LogP) is 2.86. The van der Waals surface area contributed by atoms with Gasteiger partial charge in [-0.1, -0.05) is 29.4 Å². The van der Waals surface area contributed by atoms with E-state index in [1.165, 1.54) is 12.1 Å². The third-order valence-electron chi connectivity index (χ3n) is 3.22. The van der Waals surface area contributed by atoms with Crippen molar-refractivity contribution >= 4 is 5.91 Å². The number of para-hydroxylation sites is 1. The van der Waals surface area contributed by atoms with Crippen molar-refractivity contribution in [3.63, 3.8) is 0 Å². The number of amides is 1. The number of ether oxygens (including phenoxy) is 1. The lowest BCUT2D eigenvalue weighted by Crippen LogP contribution is -2.24. The first-order chi connectivity index (χ1) is 12.1. The molecule has 1 heterocycles. The standard InChI is InChI=1S/C17H13F2N3O3/c18-13-8-4-7-12(16(13)19)17(23)20-9-14-21-15(25-22-14)10-24-11-5-2-1-3-6-11/h1-8H,9-10H2,(H,20,23). The molecule has 0 aliphatic rings. The van der Waals surface area contributed by atoms with Crippen LogP contribution in [-0.2, 0) is 13.2 Å². The average molecular weight is 345 g/mol. The van der Waals surface area contributed by atoms with Gasteiger partial charge >= 0.3 is 0 Å². The van der Waals surface area contributed by atoms with Gasteiger partial charge in [-0.2, -0.15) is 4.98 Å². The fourth-order valence-corrected chi connectivity index (χ4v) is 2.02. The highest BCUT2D eigenvalue weighted by Crippen LogP contribution is 2.12. The number of aromatic nitrogens is 2. The van der Waals surface area contributed by atoms with Crippen LogP contribution in [-0.4, -0.2) is 16.0 Å². The Kier molecular flexibility index (Phi) is 4.98. The summed E-state index contributed by atoms with van der Waals surface area (Å²) in [6.07, 6.45) is 0. The highest BCUT2D eigenvalue weighted by atomic mass is 19.2. The molecule has 0 fully saturated rings. The Morgan fingerprint density at radius 3 is 2.72 bits per heavy atom. The van der Waals surface area contributed by atoms with Crippen LogP contribution in [0.3, 0.4) is 0 Å². The van der Waals surface area contributed by atoms with Gasteiger partial charge in [0.05, 0.1) is 12.1 Å². The Bertz CT molecular complexity index is 869. The van der Waals surface area contributed by atoms with E-state index in [4.69, 9.17) is 9.26 Å². The second-order valence-corrected chi connectivity index (χ2v) is 4.99. The monoisotopic (exact) mass is 345 g/mol. The van der Waals surface area contributed by atoms with Crippen LogP contribution in [0.4, 0.5) is 8.78 Å². The molecule has 0 atom stereocenters. The van der Waals surface area contributed by atoms with Crippen molar-refractivity contribution in [2.24, 2.45) is 0 Å². The fourth-order valence-electron chi connectivity index (χ4n) is 2.02. The van der Waals surface area contributed by atoms with Gasteiger partial charge < -0.3 is 14.6 Å². The molecule has 1 N–H and O–H groups in total. The van der Waals surface area contributed by atoms with Gasteiger partial charge in [-0.15, -0.1) is 0 Å². The van der Waals surface area contributed by atoms with Gasteiger partial charge in [0.25, 0.3) is 11.8 Å². The second kappa shape index (κ2) is 7.52. The molecule has 0 aliphatic carbocycles. The van der Waals surface area contributed by atoms with Gasteiger partial charge in [0.1, 0.15) is 5.75 Å². The first-order valence-electron chi connectivity index (χ1n) is 7.35. The number of benzene rings is 2. The topological polar surface area (TPSA) is 77.2 Å². The van der Waals surface area contributed by atoms with Crippen LogP contribution in [0, 0.1) is 11.6 Å². The van der Waals surface area contributed by atoms with Crippen molar-refractivity contribution in [1.82, 2.24) is 15.5 Å². The molecule has 0 bridgehead atoms. The molecular formula is C17H13F2N3O3. The summed E-state index contributed by atoms with van der Waals surface area (Å²) >= 11 is 0. The Morgan fingerprint density at radius 2 is 1.92 bits per heavy atom. The minimum Gasteiger partial charge on any atom is -0.484 e. The number of hydrogen-bond acceptors (Lipinski definition) is 5. The summed E-state index contributed by atoms with van der Waals surface area (Å²) in [6, 6.07) is 12.5. The van der Waals surface area contributed by atoms with E-state index in [0.717, 1.165) is 6.07 Å². The number of carbonyl (C=O) groups excluding carboxylic acids is 1. The summed E-state index contributed by atoms with van der Waals surface area (Å²) in [6.45, 7) is -0.0207. The van der Waals surface area contributed by atoms with E-state index < -0.39 is 23.1 Å². The molecular weight excluding hydrogens is 332 g/mol. The molecule has 1 aromatic heterocycles. The third kappa shape index (κ3) is 4.17. The fraction of sp³-hybridized carbons (Fsp3) is 0.118. The zero-order valence-electron chi connectivity index (χ0n) is 12.9. The molecule has 0 radical (unpaired) electrons. The second-order valence-electron chi connectivity index (χ2n) is 4.99. The maximum atomic E-state index is 13.5. The van der Waals surface area contributed by atoms with Crippen LogP contribution in [0.5, 0.6) is 5.75 Å². The molecule has 0 unspecified atom stereocenters. The molecule has 8 heteroatoms. The van der Waals surface area contributed by atoms with Crippen LogP contribution >= 0.6 is 0 Å². The SMILES string of the molecule is O=C(NCc1noc(COc2ccccc2)n1)c1cccc(F)c1F. The van der Waals surface area contributed by atoms with Gasteiger partial charge in [-0.3, -0.25) is 4.79 Å². The highest BCUT2D eigenvalue weighted by molar-refractivity contribution is 5.94. The lowest BCUT2D eigenvalue weighted by Gasteiger charge is -2.04. The van der Waals surface area contributed by atoms with Crippen molar-refractivity contribution < 1.29 is 22.8 Å². The van der Waals surface area contributed by atoms with E-state index in [1.54, 1.807) is 12.1 Å². The van der Waals surface area contributed by atoms with E-state index >= 15 is 0 Å². The summed E-state index contributed by atoms with van der Waals surface area (Å²) in [4.78, 5) is 15.9. The minimum atomic E-state index is -1.20. The summed E-state index contributed by atoms with van der Waals surface area (Å²) < 4.78 is 37.1. The highest BCUT2D eigenvalue weighted by Gasteiger charge is 2.16. The molecule has 0 saturated carbocycles. The first-order valence-corrected chi connectivity index (χ1v) is 7.35. The molecule has 1 amide bonds. The van der Waals surface area contributed by atoms with Gasteiger partial charge in [0.15, 0.2) is 24.1 Å². The van der Waals surface area contributed by atoms with E-state index in [-0.39, 0.29) is 24.9 Å². The molecule has 3 aromatic rings.